The van der Waals surface area contributed by atoms with Crippen LogP contribution in [-0.2, 0) is 49.0 Å². The standard InChI is InChI=1S/C32H32FN3O7/c1-14-18-8-9-23(35-29(38)16-4-6-17(7-5-16)43-15(2)37)27-19-12-36-25(28(19)34-24(26(18)27)11-22(14)33)10-21-20(30(36)39)13-42-31(40)32(21,3)41/h10-11,16-17,23,41H,4-9,12-13H2,1-3H3,(H,35,38)/t16?,17?,23-,32-/m0/s1. The summed E-state index contributed by atoms with van der Waals surface area (Å²) >= 11 is 0. The molecule has 1 saturated carbocycles. The number of hydrogen-bond donors (Lipinski definition) is 2. The molecule has 1 fully saturated rings. The van der Waals surface area contributed by atoms with Crippen molar-refractivity contribution in [2.45, 2.75) is 90.2 Å². The minimum Gasteiger partial charge on any atom is -0.463 e. The molecule has 2 aromatic heterocycles. The van der Waals surface area contributed by atoms with Gasteiger partial charge < -0.3 is 24.5 Å². The highest BCUT2D eigenvalue weighted by Crippen LogP contribution is 2.46. The number of amides is 1. The summed E-state index contributed by atoms with van der Waals surface area (Å²) in [6.07, 6.45) is 3.39. The Bertz CT molecular complexity index is 1820. The van der Waals surface area contributed by atoms with Gasteiger partial charge in [-0.1, -0.05) is 0 Å². The van der Waals surface area contributed by atoms with Gasteiger partial charge in [0.05, 0.1) is 35.1 Å². The molecule has 4 aliphatic rings. The molecular weight excluding hydrogens is 557 g/mol. The summed E-state index contributed by atoms with van der Waals surface area (Å²) in [6.45, 7) is 4.37. The van der Waals surface area contributed by atoms with E-state index in [-0.39, 0.29) is 60.0 Å². The third-order valence-electron chi connectivity index (χ3n) is 9.70. The summed E-state index contributed by atoms with van der Waals surface area (Å²) in [5, 5.41) is 15.0. The van der Waals surface area contributed by atoms with Crippen LogP contribution in [-0.4, -0.2) is 38.6 Å². The van der Waals surface area contributed by atoms with Crippen molar-refractivity contribution in [2.24, 2.45) is 5.92 Å². The Labute approximate surface area is 246 Å². The van der Waals surface area contributed by atoms with E-state index in [1.54, 1.807) is 17.6 Å². The van der Waals surface area contributed by atoms with Gasteiger partial charge in [-0.15, -0.1) is 0 Å². The van der Waals surface area contributed by atoms with Gasteiger partial charge in [0.2, 0.25) is 5.91 Å². The summed E-state index contributed by atoms with van der Waals surface area (Å²) in [7, 11) is 0. The van der Waals surface area contributed by atoms with Crippen LogP contribution in [0.15, 0.2) is 16.9 Å². The van der Waals surface area contributed by atoms with Crippen LogP contribution in [0.25, 0.3) is 22.3 Å². The highest BCUT2D eigenvalue weighted by Gasteiger charge is 2.44. The number of hydrogen-bond acceptors (Lipinski definition) is 8. The van der Waals surface area contributed by atoms with Gasteiger partial charge in [0.25, 0.3) is 5.56 Å². The fourth-order valence-corrected chi connectivity index (χ4v) is 7.42. The average Bonchev–Trinajstić information content (AvgIpc) is 3.33. The molecule has 3 aromatic rings. The summed E-state index contributed by atoms with van der Waals surface area (Å²) in [5.74, 6) is -1.84. The molecule has 1 aromatic carbocycles. The van der Waals surface area contributed by atoms with Crippen LogP contribution in [0.1, 0.15) is 85.4 Å². The van der Waals surface area contributed by atoms with E-state index in [1.165, 1.54) is 19.9 Å². The first kappa shape index (κ1) is 27.7. The first-order valence-corrected chi connectivity index (χ1v) is 14.7. The molecule has 2 aliphatic heterocycles. The van der Waals surface area contributed by atoms with Gasteiger partial charge in [0, 0.05) is 35.4 Å². The zero-order valence-electron chi connectivity index (χ0n) is 24.2. The van der Waals surface area contributed by atoms with Gasteiger partial charge in [-0.05, 0) is 75.1 Å². The Kier molecular flexibility index (Phi) is 6.25. The van der Waals surface area contributed by atoms with Crippen molar-refractivity contribution in [3.05, 3.63) is 61.7 Å². The molecular formula is C32H32FN3O7. The maximum Gasteiger partial charge on any atom is 0.342 e. The number of rotatable bonds is 3. The number of cyclic esters (lactones) is 1. The number of aliphatic hydroxyl groups is 1. The topological polar surface area (TPSA) is 137 Å². The molecule has 43 heavy (non-hydrogen) atoms. The Morgan fingerprint density at radius 3 is 2.60 bits per heavy atom. The highest BCUT2D eigenvalue weighted by atomic mass is 19.1. The number of nitrogens with one attached hydrogen (secondary N) is 1. The number of aryl methyl sites for hydroxylation is 1. The lowest BCUT2D eigenvalue weighted by Gasteiger charge is -2.32. The van der Waals surface area contributed by atoms with Crippen LogP contribution >= 0.6 is 0 Å². The Morgan fingerprint density at radius 1 is 1.14 bits per heavy atom. The number of esters is 2. The van der Waals surface area contributed by atoms with Crippen molar-refractivity contribution in [3.63, 3.8) is 0 Å². The average molecular weight is 590 g/mol. The molecule has 2 atom stereocenters. The number of carbonyl (C=O) groups is 3. The molecule has 4 heterocycles. The van der Waals surface area contributed by atoms with E-state index in [4.69, 9.17) is 14.5 Å². The molecule has 10 nitrogen and oxygen atoms in total. The zero-order chi connectivity index (χ0) is 30.4. The number of fused-ring (bicyclic) bond motifs is 5. The molecule has 2 N–H and O–H groups in total. The van der Waals surface area contributed by atoms with Gasteiger partial charge in [0.15, 0.2) is 5.60 Å². The van der Waals surface area contributed by atoms with Crippen molar-refractivity contribution in [1.29, 1.82) is 0 Å². The van der Waals surface area contributed by atoms with Crippen molar-refractivity contribution in [2.75, 3.05) is 0 Å². The van der Waals surface area contributed by atoms with Crippen molar-refractivity contribution in [1.82, 2.24) is 14.9 Å². The number of pyridine rings is 2. The van der Waals surface area contributed by atoms with Crippen LogP contribution in [0.2, 0.25) is 0 Å². The Morgan fingerprint density at radius 2 is 1.88 bits per heavy atom. The molecule has 224 valence electrons. The van der Waals surface area contributed by atoms with E-state index in [2.05, 4.69) is 5.32 Å². The molecule has 0 radical (unpaired) electrons. The summed E-state index contributed by atoms with van der Waals surface area (Å²) < 4.78 is 27.1. The third kappa shape index (κ3) is 4.19. The molecule has 0 bridgehead atoms. The summed E-state index contributed by atoms with van der Waals surface area (Å²) in [6, 6.07) is 2.62. The first-order valence-electron chi connectivity index (χ1n) is 14.7. The molecule has 7 rings (SSSR count). The van der Waals surface area contributed by atoms with Crippen LogP contribution in [0.5, 0.6) is 0 Å². The molecule has 0 spiro atoms. The smallest absolute Gasteiger partial charge is 0.342 e. The first-order chi connectivity index (χ1) is 20.5. The van der Waals surface area contributed by atoms with E-state index in [1.807, 2.05) is 0 Å². The second-order valence-electron chi connectivity index (χ2n) is 12.4. The second-order valence-corrected chi connectivity index (χ2v) is 12.4. The fraction of sp³-hybridized carbons (Fsp3) is 0.469. The SMILES string of the molecule is CC(=O)OC1CCC(C(=O)N[C@H]2CCc3c(C)c(F)cc4nc5c(c2c34)Cn2c-5cc3c(c2=O)COC(=O)[C@@]3(C)O)CC1. The predicted octanol–water partition coefficient (Wildman–Crippen LogP) is 3.36. The predicted molar refractivity (Wildman–Crippen MR) is 151 cm³/mol. The minimum absolute atomic E-state index is 0.0814. The van der Waals surface area contributed by atoms with Gasteiger partial charge in [0.1, 0.15) is 18.5 Å². The fourth-order valence-electron chi connectivity index (χ4n) is 7.42. The van der Waals surface area contributed by atoms with Crippen LogP contribution < -0.4 is 10.9 Å². The van der Waals surface area contributed by atoms with E-state index in [9.17, 15) is 24.3 Å². The third-order valence-corrected chi connectivity index (χ3v) is 9.70. The van der Waals surface area contributed by atoms with Gasteiger partial charge in [-0.3, -0.25) is 14.4 Å². The quantitative estimate of drug-likeness (QED) is 0.347. The monoisotopic (exact) mass is 589 g/mol. The Hall–Kier alpha value is -4.12. The molecule has 0 unspecified atom stereocenters. The lowest BCUT2D eigenvalue weighted by Crippen LogP contribution is -2.42. The Balaban J connectivity index is 1.32. The largest absolute Gasteiger partial charge is 0.463 e. The molecule has 1 amide bonds. The molecule has 11 heteroatoms. The van der Waals surface area contributed by atoms with Crippen LogP contribution in [0, 0.1) is 18.7 Å². The van der Waals surface area contributed by atoms with E-state index in [0.717, 1.165) is 22.1 Å². The number of benzene rings is 1. The highest BCUT2D eigenvalue weighted by molar-refractivity contribution is 5.94. The maximum atomic E-state index is 15.1. The van der Waals surface area contributed by atoms with Crippen molar-refractivity contribution in [3.8, 4) is 11.4 Å². The van der Waals surface area contributed by atoms with Gasteiger partial charge in [-0.2, -0.15) is 0 Å². The number of aromatic nitrogens is 2. The second kappa shape index (κ2) is 9.70. The zero-order valence-corrected chi connectivity index (χ0v) is 24.2. The van der Waals surface area contributed by atoms with Crippen molar-refractivity contribution < 1.29 is 33.4 Å². The van der Waals surface area contributed by atoms with E-state index < -0.39 is 17.1 Å². The normalized spacial score (nSPS) is 25.4. The number of carbonyl (C=O) groups excluding carboxylic acids is 3. The van der Waals surface area contributed by atoms with E-state index >= 15 is 4.39 Å². The number of halogens is 1. The number of ether oxygens (including phenoxy) is 2. The molecule has 2 aliphatic carbocycles. The summed E-state index contributed by atoms with van der Waals surface area (Å²) in [5.41, 5.74) is 2.28. The van der Waals surface area contributed by atoms with Gasteiger partial charge in [-0.25, -0.2) is 14.2 Å². The lowest BCUT2D eigenvalue weighted by molar-refractivity contribution is -0.169. The van der Waals surface area contributed by atoms with Crippen LogP contribution in [0.3, 0.4) is 0 Å². The van der Waals surface area contributed by atoms with Crippen LogP contribution in [0.4, 0.5) is 4.39 Å². The van der Waals surface area contributed by atoms with Gasteiger partial charge >= 0.3 is 11.9 Å². The lowest BCUT2D eigenvalue weighted by atomic mass is 9.81. The molecule has 0 saturated heterocycles. The minimum atomic E-state index is -2.00. The maximum absolute atomic E-state index is 15.1. The summed E-state index contributed by atoms with van der Waals surface area (Å²) in [4.78, 5) is 55.8. The van der Waals surface area contributed by atoms with E-state index in [0.29, 0.717) is 61.0 Å². The number of nitrogens with zero attached hydrogens (tertiary/aromatic N) is 2. The van der Waals surface area contributed by atoms with Crippen molar-refractivity contribution >= 4 is 28.7 Å².